The van der Waals surface area contributed by atoms with Crippen LogP contribution in [-0.4, -0.2) is 10.4 Å². The maximum atomic E-state index is 8.01. The first kappa shape index (κ1) is 3.81. The van der Waals surface area contributed by atoms with Gasteiger partial charge >= 0.3 is 0 Å². The number of hydrogen-bond donors (Lipinski definition) is 0. The zero-order valence-electron chi connectivity index (χ0n) is 3.33. The summed E-state index contributed by atoms with van der Waals surface area (Å²) in [6.45, 7) is 0. The zero-order valence-corrected chi connectivity index (χ0v) is 3.33. The molecule has 7 heavy (non-hydrogen) atoms. The van der Waals surface area contributed by atoms with Crippen molar-refractivity contribution in [2.24, 2.45) is 0 Å². The second-order valence-electron chi connectivity index (χ2n) is 0.902. The van der Waals surface area contributed by atoms with Gasteiger partial charge in [0, 0.05) is 5.27 Å². The van der Waals surface area contributed by atoms with Gasteiger partial charge in [-0.3, -0.25) is 0 Å². The van der Waals surface area contributed by atoms with Gasteiger partial charge < -0.3 is 4.52 Å². The Balaban J connectivity index is 3.04. The molecule has 4 nitrogen and oxygen atoms in total. The third kappa shape index (κ3) is 0.550. The highest BCUT2D eigenvalue weighted by Crippen LogP contribution is 1.83. The average molecular weight is 95.1 g/mol. The maximum Gasteiger partial charge on any atom is 0.204 e. The molecule has 0 aromatic carbocycles. The van der Waals surface area contributed by atoms with Gasteiger partial charge in [-0.05, 0) is 0 Å². The van der Waals surface area contributed by atoms with Gasteiger partial charge in [-0.1, -0.05) is 0 Å². The van der Waals surface area contributed by atoms with E-state index in [4.69, 9.17) is 5.26 Å². The van der Waals surface area contributed by atoms with Crippen LogP contribution in [0.5, 0.6) is 0 Å². The van der Waals surface area contributed by atoms with Crippen LogP contribution in [0.3, 0.4) is 0 Å². The minimum Gasteiger partial charge on any atom is -0.344 e. The SMILES string of the molecule is N#Cc1conn1. The molecule has 0 aliphatic rings. The topological polar surface area (TPSA) is 62.7 Å². The number of aromatic nitrogens is 2. The predicted octanol–water partition coefficient (Wildman–Crippen LogP) is -0.0587. The van der Waals surface area contributed by atoms with Crippen molar-refractivity contribution in [2.45, 2.75) is 0 Å². The third-order valence-corrected chi connectivity index (χ3v) is 0.475. The molecule has 1 heterocycles. The van der Waals surface area contributed by atoms with Gasteiger partial charge in [0.25, 0.3) is 0 Å². The van der Waals surface area contributed by atoms with Crippen molar-refractivity contribution in [1.82, 2.24) is 10.4 Å². The highest BCUT2D eigenvalue weighted by Gasteiger charge is 1.88. The van der Waals surface area contributed by atoms with Gasteiger partial charge in [-0.2, -0.15) is 5.26 Å². The van der Waals surface area contributed by atoms with Crippen LogP contribution < -0.4 is 0 Å². The lowest BCUT2D eigenvalue weighted by Crippen LogP contribution is -1.68. The molecule has 0 unspecified atom stereocenters. The molecule has 0 saturated carbocycles. The van der Waals surface area contributed by atoms with E-state index in [1.807, 2.05) is 0 Å². The van der Waals surface area contributed by atoms with E-state index in [1.54, 1.807) is 6.07 Å². The van der Waals surface area contributed by atoms with Crippen molar-refractivity contribution in [3.63, 3.8) is 0 Å². The molecule has 0 bridgehead atoms. The molecule has 1 rings (SSSR count). The van der Waals surface area contributed by atoms with Crippen LogP contribution in [-0.2, 0) is 0 Å². The summed E-state index contributed by atoms with van der Waals surface area (Å²) in [6.07, 6.45) is 1.18. The van der Waals surface area contributed by atoms with E-state index in [0.29, 0.717) is 0 Å². The van der Waals surface area contributed by atoms with E-state index >= 15 is 0 Å². The Hall–Kier alpha value is -1.37. The van der Waals surface area contributed by atoms with Crippen LogP contribution in [0, 0.1) is 11.3 Å². The molecule has 1 aromatic rings. The molecule has 0 aliphatic carbocycles. The molecule has 0 saturated heterocycles. The van der Waals surface area contributed by atoms with Crippen molar-refractivity contribution in [1.29, 1.82) is 5.26 Å². The minimum absolute atomic E-state index is 0.208. The smallest absolute Gasteiger partial charge is 0.204 e. The fourth-order valence-corrected chi connectivity index (χ4v) is 0.213. The van der Waals surface area contributed by atoms with Crippen LogP contribution in [0.2, 0.25) is 0 Å². The van der Waals surface area contributed by atoms with Crippen molar-refractivity contribution < 1.29 is 4.52 Å². The quantitative estimate of drug-likeness (QED) is 0.453. The third-order valence-electron chi connectivity index (χ3n) is 0.475. The van der Waals surface area contributed by atoms with Gasteiger partial charge in [-0.25, -0.2) is 0 Å². The van der Waals surface area contributed by atoms with Crippen molar-refractivity contribution in [3.05, 3.63) is 12.0 Å². The number of hydrogen-bond acceptors (Lipinski definition) is 4. The summed E-state index contributed by atoms with van der Waals surface area (Å²) < 4.78 is 4.22. The van der Waals surface area contributed by atoms with E-state index in [1.165, 1.54) is 6.26 Å². The van der Waals surface area contributed by atoms with Gasteiger partial charge in [0.1, 0.15) is 6.07 Å². The Morgan fingerprint density at radius 2 is 2.71 bits per heavy atom. The Bertz CT molecular complexity index is 173. The van der Waals surface area contributed by atoms with Gasteiger partial charge in [-0.15, -0.1) is 5.10 Å². The molecule has 0 atom stereocenters. The van der Waals surface area contributed by atoms with Gasteiger partial charge in [0.05, 0.1) is 0 Å². The van der Waals surface area contributed by atoms with E-state index in [0.717, 1.165) is 0 Å². The second-order valence-corrected chi connectivity index (χ2v) is 0.902. The number of rotatable bonds is 0. The molecule has 0 aliphatic heterocycles. The highest BCUT2D eigenvalue weighted by atomic mass is 16.5. The molecule has 4 heteroatoms. The lowest BCUT2D eigenvalue weighted by molar-refractivity contribution is 0.393. The molecule has 0 N–H and O–H groups in total. The van der Waals surface area contributed by atoms with Crippen LogP contribution in [0.1, 0.15) is 5.69 Å². The Kier molecular flexibility index (Phi) is 0.755. The van der Waals surface area contributed by atoms with Crippen LogP contribution in [0.4, 0.5) is 0 Å². The predicted molar refractivity (Wildman–Crippen MR) is 19.0 cm³/mol. The largest absolute Gasteiger partial charge is 0.344 e. The van der Waals surface area contributed by atoms with E-state index in [9.17, 15) is 0 Å². The molecule has 1 aromatic heterocycles. The molecule has 0 amide bonds. The molecule has 0 radical (unpaired) electrons. The zero-order chi connectivity index (χ0) is 5.11. The number of nitrogens with zero attached hydrogens (tertiary/aromatic N) is 3. The second kappa shape index (κ2) is 1.39. The van der Waals surface area contributed by atoms with Crippen LogP contribution in [0.25, 0.3) is 0 Å². The number of nitriles is 1. The summed E-state index contributed by atoms with van der Waals surface area (Å²) in [5, 5.41) is 14.3. The molecular formula is C3HN3O. The maximum absolute atomic E-state index is 8.01. The fraction of sp³-hybridized carbons (Fsp3) is 0. The Morgan fingerprint density at radius 1 is 1.86 bits per heavy atom. The van der Waals surface area contributed by atoms with Crippen LogP contribution in [0.15, 0.2) is 10.8 Å². The van der Waals surface area contributed by atoms with Crippen molar-refractivity contribution in [2.75, 3.05) is 0 Å². The normalized spacial score (nSPS) is 7.86. The summed E-state index contributed by atoms with van der Waals surface area (Å²) in [5.74, 6) is 0. The Labute approximate surface area is 39.3 Å². The van der Waals surface area contributed by atoms with Gasteiger partial charge in [0.15, 0.2) is 6.26 Å². The summed E-state index contributed by atoms with van der Waals surface area (Å²) in [7, 11) is 0. The monoisotopic (exact) mass is 95.0 g/mol. The fourth-order valence-electron chi connectivity index (χ4n) is 0.213. The molecule has 0 fully saturated rings. The first-order valence-electron chi connectivity index (χ1n) is 1.60. The highest BCUT2D eigenvalue weighted by molar-refractivity contribution is 5.10. The van der Waals surface area contributed by atoms with Gasteiger partial charge in [0.2, 0.25) is 5.69 Å². The van der Waals surface area contributed by atoms with Crippen LogP contribution >= 0.6 is 0 Å². The van der Waals surface area contributed by atoms with E-state index in [2.05, 4.69) is 14.9 Å². The lowest BCUT2D eigenvalue weighted by Gasteiger charge is -1.55. The molecular weight excluding hydrogens is 94.1 g/mol. The van der Waals surface area contributed by atoms with Crippen molar-refractivity contribution in [3.8, 4) is 6.07 Å². The summed E-state index contributed by atoms with van der Waals surface area (Å²) in [6, 6.07) is 1.74. The standard InChI is InChI=1S/C3HN3O/c4-1-3-2-7-6-5-3/h2H. The first-order valence-corrected chi connectivity index (χ1v) is 1.60. The average Bonchev–Trinajstić information content (AvgIpc) is 2.14. The summed E-state index contributed by atoms with van der Waals surface area (Å²) >= 11 is 0. The molecule has 0 spiro atoms. The van der Waals surface area contributed by atoms with E-state index < -0.39 is 0 Å². The summed E-state index contributed by atoms with van der Waals surface area (Å²) in [4.78, 5) is 0. The van der Waals surface area contributed by atoms with Crippen molar-refractivity contribution >= 4 is 0 Å². The first-order chi connectivity index (χ1) is 3.43. The minimum atomic E-state index is 0.208. The lowest BCUT2D eigenvalue weighted by atomic mass is 10.6. The van der Waals surface area contributed by atoms with E-state index in [-0.39, 0.29) is 5.69 Å². The Morgan fingerprint density at radius 3 is 3.00 bits per heavy atom. The summed E-state index contributed by atoms with van der Waals surface area (Å²) in [5.41, 5.74) is 0.208. The molecule has 34 valence electrons.